The fourth-order valence-corrected chi connectivity index (χ4v) is 2.22. The summed E-state index contributed by atoms with van der Waals surface area (Å²) in [5.74, 6) is -2.25. The standard InChI is InChI=1S/C16H13BrFN3O4/c1-25-13-7-9(6-12(17)14(13)22)8-19-21-16(24)15(23)20-11-4-2-10(18)3-5-11/h2-8,22H,1H3,(H,20,23)(H,21,24). The van der Waals surface area contributed by atoms with Crippen molar-refractivity contribution in [2.45, 2.75) is 0 Å². The Morgan fingerprint density at radius 3 is 2.56 bits per heavy atom. The van der Waals surface area contributed by atoms with Crippen LogP contribution in [0.3, 0.4) is 0 Å². The van der Waals surface area contributed by atoms with Crippen molar-refractivity contribution in [3.8, 4) is 11.5 Å². The second kappa shape index (κ2) is 8.25. The van der Waals surface area contributed by atoms with Crippen molar-refractivity contribution in [3.63, 3.8) is 0 Å². The zero-order chi connectivity index (χ0) is 18.4. The van der Waals surface area contributed by atoms with E-state index in [1.165, 1.54) is 31.5 Å². The molecule has 9 heteroatoms. The number of rotatable bonds is 4. The van der Waals surface area contributed by atoms with Gasteiger partial charge in [0.15, 0.2) is 11.5 Å². The van der Waals surface area contributed by atoms with E-state index in [1.807, 2.05) is 0 Å². The van der Waals surface area contributed by atoms with Crippen molar-refractivity contribution < 1.29 is 23.8 Å². The first-order chi connectivity index (χ1) is 11.9. The van der Waals surface area contributed by atoms with Crippen molar-refractivity contribution >= 4 is 39.6 Å². The van der Waals surface area contributed by atoms with Crippen molar-refractivity contribution in [1.29, 1.82) is 0 Å². The molecule has 0 atom stereocenters. The van der Waals surface area contributed by atoms with Gasteiger partial charge in [-0.05, 0) is 57.9 Å². The van der Waals surface area contributed by atoms with Crippen LogP contribution in [0.1, 0.15) is 5.56 Å². The fourth-order valence-electron chi connectivity index (χ4n) is 1.76. The molecule has 7 nitrogen and oxygen atoms in total. The second-order valence-electron chi connectivity index (χ2n) is 4.71. The van der Waals surface area contributed by atoms with E-state index in [1.54, 1.807) is 6.07 Å². The smallest absolute Gasteiger partial charge is 0.329 e. The molecule has 3 N–H and O–H groups in total. The summed E-state index contributed by atoms with van der Waals surface area (Å²) in [4.78, 5) is 23.4. The number of methoxy groups -OCH3 is 1. The van der Waals surface area contributed by atoms with Crippen LogP contribution in [0.15, 0.2) is 46.0 Å². The van der Waals surface area contributed by atoms with E-state index < -0.39 is 17.6 Å². The van der Waals surface area contributed by atoms with Crippen LogP contribution in [0, 0.1) is 5.82 Å². The number of phenolic OH excluding ortho intramolecular Hbond substituents is 1. The van der Waals surface area contributed by atoms with Crippen LogP contribution in [-0.2, 0) is 9.59 Å². The molecule has 0 aliphatic rings. The van der Waals surface area contributed by atoms with E-state index in [9.17, 15) is 19.1 Å². The van der Waals surface area contributed by atoms with Gasteiger partial charge in [-0.1, -0.05) is 0 Å². The highest BCUT2D eigenvalue weighted by Gasteiger charge is 2.13. The van der Waals surface area contributed by atoms with Crippen molar-refractivity contribution in [2.75, 3.05) is 12.4 Å². The average molecular weight is 410 g/mol. The second-order valence-corrected chi connectivity index (χ2v) is 5.57. The monoisotopic (exact) mass is 409 g/mol. The van der Waals surface area contributed by atoms with Gasteiger partial charge in [0, 0.05) is 5.69 Å². The molecule has 0 aromatic heterocycles. The van der Waals surface area contributed by atoms with Crippen molar-refractivity contribution in [2.24, 2.45) is 5.10 Å². The van der Waals surface area contributed by atoms with Crippen LogP contribution in [-0.4, -0.2) is 30.2 Å². The SMILES string of the molecule is COc1cc(C=NNC(=O)C(=O)Nc2ccc(F)cc2)cc(Br)c1O. The van der Waals surface area contributed by atoms with Gasteiger partial charge in [0.25, 0.3) is 0 Å². The predicted molar refractivity (Wildman–Crippen MR) is 93.1 cm³/mol. The maximum atomic E-state index is 12.8. The van der Waals surface area contributed by atoms with E-state index in [0.717, 1.165) is 12.1 Å². The number of halogens is 2. The number of ether oxygens (including phenoxy) is 1. The van der Waals surface area contributed by atoms with Gasteiger partial charge in [-0.25, -0.2) is 9.82 Å². The third kappa shape index (κ3) is 5.01. The molecule has 0 unspecified atom stereocenters. The molecule has 0 fully saturated rings. The zero-order valence-corrected chi connectivity index (χ0v) is 14.5. The topological polar surface area (TPSA) is 100 Å². The predicted octanol–water partition coefficient (Wildman–Crippen LogP) is 2.39. The maximum Gasteiger partial charge on any atom is 0.329 e. The number of hydrogen-bond donors (Lipinski definition) is 3. The lowest BCUT2D eigenvalue weighted by Crippen LogP contribution is -2.32. The molecule has 2 aromatic rings. The van der Waals surface area contributed by atoms with Gasteiger partial charge in [-0.15, -0.1) is 0 Å². The van der Waals surface area contributed by atoms with Gasteiger partial charge in [0.05, 0.1) is 17.8 Å². The summed E-state index contributed by atoms with van der Waals surface area (Å²) in [6.45, 7) is 0. The minimum Gasteiger partial charge on any atom is -0.503 e. The lowest BCUT2D eigenvalue weighted by molar-refractivity contribution is -0.136. The lowest BCUT2D eigenvalue weighted by atomic mass is 10.2. The quantitative estimate of drug-likeness (QED) is 0.410. The summed E-state index contributed by atoms with van der Waals surface area (Å²) in [6.07, 6.45) is 1.27. The van der Waals surface area contributed by atoms with Crippen LogP contribution in [0.2, 0.25) is 0 Å². The van der Waals surface area contributed by atoms with Crippen LogP contribution in [0.25, 0.3) is 0 Å². The molecule has 130 valence electrons. The van der Waals surface area contributed by atoms with E-state index in [4.69, 9.17) is 4.74 Å². The average Bonchev–Trinajstić information content (AvgIpc) is 2.59. The van der Waals surface area contributed by atoms with Gasteiger partial charge >= 0.3 is 11.8 Å². The summed E-state index contributed by atoms with van der Waals surface area (Å²) >= 11 is 3.15. The van der Waals surface area contributed by atoms with Crippen LogP contribution in [0.5, 0.6) is 11.5 Å². The van der Waals surface area contributed by atoms with Crippen molar-refractivity contribution in [1.82, 2.24) is 5.43 Å². The van der Waals surface area contributed by atoms with Crippen LogP contribution in [0.4, 0.5) is 10.1 Å². The highest BCUT2D eigenvalue weighted by atomic mass is 79.9. The third-order valence-electron chi connectivity index (χ3n) is 2.96. The number of nitrogens with one attached hydrogen (secondary N) is 2. The Hall–Kier alpha value is -2.94. The Morgan fingerprint density at radius 2 is 1.92 bits per heavy atom. The highest BCUT2D eigenvalue weighted by molar-refractivity contribution is 9.10. The number of hydrogen-bond acceptors (Lipinski definition) is 5. The molecule has 0 heterocycles. The number of anilines is 1. The molecule has 2 amide bonds. The van der Waals surface area contributed by atoms with E-state index in [-0.39, 0.29) is 17.2 Å². The Balaban J connectivity index is 1.97. The summed E-state index contributed by atoms with van der Waals surface area (Å²) in [5.41, 5.74) is 2.85. The first-order valence-corrected chi connectivity index (χ1v) is 7.66. The molecule has 0 spiro atoms. The first kappa shape index (κ1) is 18.4. The van der Waals surface area contributed by atoms with Gasteiger partial charge in [-0.3, -0.25) is 9.59 Å². The Labute approximate surface area is 150 Å². The molecule has 2 rings (SSSR count). The maximum absolute atomic E-state index is 12.8. The number of carbonyl (C=O) groups is 2. The molecular formula is C16H13BrFN3O4. The third-order valence-corrected chi connectivity index (χ3v) is 3.56. The number of aromatic hydroxyl groups is 1. The summed E-state index contributed by atoms with van der Waals surface area (Å²) in [7, 11) is 1.39. The summed E-state index contributed by atoms with van der Waals surface area (Å²) in [5, 5.41) is 15.7. The number of benzene rings is 2. The highest BCUT2D eigenvalue weighted by Crippen LogP contribution is 2.34. The Kier molecular flexibility index (Phi) is 6.07. The molecule has 0 saturated heterocycles. The molecule has 0 aliphatic carbocycles. The van der Waals surface area contributed by atoms with Gasteiger partial charge < -0.3 is 15.2 Å². The molecular weight excluding hydrogens is 397 g/mol. The Bertz CT molecular complexity index is 825. The van der Waals surface area contributed by atoms with E-state index in [2.05, 4.69) is 31.8 Å². The normalized spacial score (nSPS) is 10.5. The minimum atomic E-state index is -0.995. The summed E-state index contributed by atoms with van der Waals surface area (Å²) < 4.78 is 18.1. The number of nitrogens with zero attached hydrogens (tertiary/aromatic N) is 1. The summed E-state index contributed by atoms with van der Waals surface area (Å²) in [6, 6.07) is 8.00. The number of carbonyl (C=O) groups excluding carboxylic acids is 2. The fraction of sp³-hybridized carbons (Fsp3) is 0.0625. The number of phenols is 1. The van der Waals surface area contributed by atoms with Crippen LogP contribution >= 0.6 is 15.9 Å². The molecule has 2 aromatic carbocycles. The molecule has 0 saturated carbocycles. The minimum absolute atomic E-state index is 0.0673. The molecule has 0 aliphatic heterocycles. The lowest BCUT2D eigenvalue weighted by Gasteiger charge is -2.06. The number of amides is 2. The van der Waals surface area contributed by atoms with Gasteiger partial charge in [0.1, 0.15) is 5.82 Å². The number of hydrazone groups is 1. The molecule has 25 heavy (non-hydrogen) atoms. The van der Waals surface area contributed by atoms with Gasteiger partial charge in [-0.2, -0.15) is 5.10 Å². The van der Waals surface area contributed by atoms with Gasteiger partial charge in [0.2, 0.25) is 0 Å². The largest absolute Gasteiger partial charge is 0.503 e. The first-order valence-electron chi connectivity index (χ1n) is 6.87. The van der Waals surface area contributed by atoms with E-state index in [0.29, 0.717) is 10.0 Å². The van der Waals surface area contributed by atoms with E-state index >= 15 is 0 Å². The molecule has 0 bridgehead atoms. The van der Waals surface area contributed by atoms with Crippen LogP contribution < -0.4 is 15.5 Å². The zero-order valence-electron chi connectivity index (χ0n) is 12.9. The Morgan fingerprint density at radius 1 is 1.24 bits per heavy atom. The molecule has 0 radical (unpaired) electrons. The van der Waals surface area contributed by atoms with Crippen molar-refractivity contribution in [3.05, 3.63) is 52.3 Å².